The van der Waals surface area contributed by atoms with Crippen molar-refractivity contribution in [2.75, 3.05) is 11.3 Å². The van der Waals surface area contributed by atoms with E-state index in [0.29, 0.717) is 11.6 Å². The fraction of sp³-hybridized carbons (Fsp3) is 0.231. The Hall–Kier alpha value is -1.86. The van der Waals surface area contributed by atoms with E-state index in [-0.39, 0.29) is 16.6 Å². The molecule has 0 saturated heterocycles. The van der Waals surface area contributed by atoms with Gasteiger partial charge in [0, 0.05) is 5.02 Å². The molecule has 0 aliphatic carbocycles. The van der Waals surface area contributed by atoms with Gasteiger partial charge < -0.3 is 4.74 Å². The molecular formula is C13H14ClN3O3S. The minimum Gasteiger partial charge on any atom is -0.464 e. The van der Waals surface area contributed by atoms with Gasteiger partial charge in [0.05, 0.1) is 29.6 Å². The van der Waals surface area contributed by atoms with Crippen molar-refractivity contribution >= 4 is 27.3 Å². The zero-order chi connectivity index (χ0) is 15.5. The van der Waals surface area contributed by atoms with E-state index in [0.717, 1.165) is 5.56 Å². The first kappa shape index (κ1) is 15.5. The molecule has 0 bridgehead atoms. The monoisotopic (exact) mass is 327 g/mol. The zero-order valence-electron chi connectivity index (χ0n) is 11.5. The van der Waals surface area contributed by atoms with Gasteiger partial charge in [-0.05, 0) is 31.5 Å². The zero-order valence-corrected chi connectivity index (χ0v) is 13.1. The Labute approximate surface area is 128 Å². The van der Waals surface area contributed by atoms with E-state index in [1.165, 1.54) is 24.5 Å². The second kappa shape index (κ2) is 6.28. The molecule has 0 unspecified atom stereocenters. The number of nitrogens with zero attached hydrogens (tertiary/aromatic N) is 2. The number of hydrogen-bond donors (Lipinski definition) is 1. The van der Waals surface area contributed by atoms with E-state index in [1.54, 1.807) is 19.9 Å². The second-order valence-corrected chi connectivity index (χ2v) is 6.29. The summed E-state index contributed by atoms with van der Waals surface area (Å²) in [6, 6.07) is 4.72. The summed E-state index contributed by atoms with van der Waals surface area (Å²) in [5.74, 6) is 0. The van der Waals surface area contributed by atoms with Crippen molar-refractivity contribution in [3.05, 3.63) is 41.2 Å². The number of hydrogen-bond acceptors (Lipinski definition) is 5. The maximum atomic E-state index is 12.2. The highest BCUT2D eigenvalue weighted by Gasteiger charge is 2.15. The largest absolute Gasteiger partial charge is 0.464 e. The highest BCUT2D eigenvalue weighted by molar-refractivity contribution is 7.92. The van der Waals surface area contributed by atoms with Gasteiger partial charge in [-0.2, -0.15) is 0 Å². The highest BCUT2D eigenvalue weighted by atomic mass is 35.5. The number of halogens is 1. The number of benzene rings is 1. The Morgan fingerprint density at radius 3 is 2.52 bits per heavy atom. The Morgan fingerprint density at radius 1 is 1.29 bits per heavy atom. The number of aromatic nitrogens is 2. The van der Waals surface area contributed by atoms with Gasteiger partial charge in [0.2, 0.25) is 0 Å². The van der Waals surface area contributed by atoms with E-state index in [1.807, 2.05) is 0 Å². The lowest BCUT2D eigenvalue weighted by Crippen LogP contribution is -2.13. The fourth-order valence-corrected chi connectivity index (χ4v) is 2.83. The van der Waals surface area contributed by atoms with Crippen molar-refractivity contribution in [2.45, 2.75) is 18.7 Å². The lowest BCUT2D eigenvalue weighted by atomic mass is 10.2. The molecule has 0 fully saturated rings. The molecule has 21 heavy (non-hydrogen) atoms. The van der Waals surface area contributed by atoms with Crippen LogP contribution in [0.2, 0.25) is 5.02 Å². The van der Waals surface area contributed by atoms with Crippen molar-refractivity contribution in [3.8, 4) is 6.01 Å². The van der Waals surface area contributed by atoms with Crippen LogP contribution in [0.15, 0.2) is 35.5 Å². The van der Waals surface area contributed by atoms with E-state index in [9.17, 15) is 8.42 Å². The summed E-state index contributed by atoms with van der Waals surface area (Å²) < 4.78 is 31.9. The molecular weight excluding hydrogens is 314 g/mol. The van der Waals surface area contributed by atoms with Crippen LogP contribution in [0.3, 0.4) is 0 Å². The van der Waals surface area contributed by atoms with E-state index < -0.39 is 10.0 Å². The molecule has 0 aliphatic rings. The summed E-state index contributed by atoms with van der Waals surface area (Å²) in [7, 11) is -3.73. The summed E-state index contributed by atoms with van der Waals surface area (Å²) in [4.78, 5) is 7.86. The molecule has 0 aliphatic heterocycles. The highest BCUT2D eigenvalue weighted by Crippen LogP contribution is 2.22. The molecule has 0 atom stereocenters. The standard InChI is InChI=1S/C13H14ClN3O3S/c1-3-20-13-15-7-10(8-16-13)17-21(18,19)11-5-4-9(2)12(14)6-11/h4-8,17H,3H2,1-2H3. The number of aryl methyl sites for hydroxylation is 1. The van der Waals surface area contributed by atoms with Crippen LogP contribution in [0.25, 0.3) is 0 Å². The minimum atomic E-state index is -3.73. The number of rotatable bonds is 5. The molecule has 1 aromatic heterocycles. The Kier molecular flexibility index (Phi) is 4.64. The fourth-order valence-electron chi connectivity index (χ4n) is 1.53. The van der Waals surface area contributed by atoms with Crippen molar-refractivity contribution in [1.82, 2.24) is 9.97 Å². The smallest absolute Gasteiger partial charge is 0.316 e. The molecule has 2 aromatic rings. The summed E-state index contributed by atoms with van der Waals surface area (Å²) in [6.45, 7) is 4.04. The number of ether oxygens (including phenoxy) is 1. The van der Waals surface area contributed by atoms with Crippen LogP contribution < -0.4 is 9.46 Å². The van der Waals surface area contributed by atoms with Gasteiger partial charge in [-0.1, -0.05) is 17.7 Å². The lowest BCUT2D eigenvalue weighted by Gasteiger charge is -2.09. The molecule has 1 heterocycles. The van der Waals surface area contributed by atoms with Gasteiger partial charge in [0.1, 0.15) is 0 Å². The van der Waals surface area contributed by atoms with Crippen LogP contribution in [0.5, 0.6) is 6.01 Å². The quantitative estimate of drug-likeness (QED) is 0.913. The third kappa shape index (κ3) is 3.83. The molecule has 0 saturated carbocycles. The van der Waals surface area contributed by atoms with Crippen molar-refractivity contribution in [1.29, 1.82) is 0 Å². The van der Waals surface area contributed by atoms with Crippen molar-refractivity contribution in [3.63, 3.8) is 0 Å². The molecule has 112 valence electrons. The summed E-state index contributed by atoms with van der Waals surface area (Å²) in [6.07, 6.45) is 2.68. The van der Waals surface area contributed by atoms with Gasteiger partial charge in [-0.3, -0.25) is 4.72 Å². The topological polar surface area (TPSA) is 81.2 Å². The molecule has 0 radical (unpaired) electrons. The molecule has 0 amide bonds. The van der Waals surface area contributed by atoms with Crippen LogP contribution in [-0.4, -0.2) is 25.0 Å². The SMILES string of the molecule is CCOc1ncc(NS(=O)(=O)c2ccc(C)c(Cl)c2)cn1. The molecule has 0 spiro atoms. The van der Waals surface area contributed by atoms with Gasteiger partial charge in [0.15, 0.2) is 0 Å². The summed E-state index contributed by atoms with van der Waals surface area (Å²) >= 11 is 5.94. The van der Waals surface area contributed by atoms with Gasteiger partial charge in [0.25, 0.3) is 10.0 Å². The Balaban J connectivity index is 2.22. The van der Waals surface area contributed by atoms with Crippen LogP contribution in [0.4, 0.5) is 5.69 Å². The van der Waals surface area contributed by atoms with E-state index >= 15 is 0 Å². The average molecular weight is 328 g/mol. The second-order valence-electron chi connectivity index (χ2n) is 4.20. The van der Waals surface area contributed by atoms with Gasteiger partial charge in [-0.15, -0.1) is 0 Å². The Bertz CT molecular complexity index is 733. The molecule has 8 heteroatoms. The Morgan fingerprint density at radius 2 is 1.95 bits per heavy atom. The van der Waals surface area contributed by atoms with Gasteiger partial charge >= 0.3 is 6.01 Å². The molecule has 6 nitrogen and oxygen atoms in total. The van der Waals surface area contributed by atoms with Crippen LogP contribution in [0.1, 0.15) is 12.5 Å². The number of sulfonamides is 1. The van der Waals surface area contributed by atoms with Crippen LogP contribution in [0, 0.1) is 6.92 Å². The number of nitrogens with one attached hydrogen (secondary N) is 1. The van der Waals surface area contributed by atoms with Crippen molar-refractivity contribution < 1.29 is 13.2 Å². The molecule has 2 rings (SSSR count). The van der Waals surface area contributed by atoms with Crippen LogP contribution >= 0.6 is 11.6 Å². The first-order valence-corrected chi connectivity index (χ1v) is 8.02. The van der Waals surface area contributed by atoms with E-state index in [2.05, 4.69) is 14.7 Å². The molecule has 1 N–H and O–H groups in total. The lowest BCUT2D eigenvalue weighted by molar-refractivity contribution is 0.312. The summed E-state index contributed by atoms with van der Waals surface area (Å²) in [5.41, 5.74) is 1.05. The normalized spacial score (nSPS) is 11.2. The first-order valence-electron chi connectivity index (χ1n) is 6.16. The predicted octanol–water partition coefficient (Wildman–Crippen LogP) is 2.64. The number of anilines is 1. The minimum absolute atomic E-state index is 0.0759. The average Bonchev–Trinajstić information content (AvgIpc) is 2.44. The van der Waals surface area contributed by atoms with Crippen LogP contribution in [-0.2, 0) is 10.0 Å². The summed E-state index contributed by atoms with van der Waals surface area (Å²) in [5, 5.41) is 0.390. The molecule has 1 aromatic carbocycles. The maximum absolute atomic E-state index is 12.2. The van der Waals surface area contributed by atoms with Gasteiger partial charge in [-0.25, -0.2) is 18.4 Å². The predicted molar refractivity (Wildman–Crippen MR) is 80.2 cm³/mol. The first-order chi connectivity index (χ1) is 9.92. The maximum Gasteiger partial charge on any atom is 0.316 e. The van der Waals surface area contributed by atoms with Crippen molar-refractivity contribution in [2.24, 2.45) is 0 Å². The third-order valence-corrected chi connectivity index (χ3v) is 4.39. The van der Waals surface area contributed by atoms with E-state index in [4.69, 9.17) is 16.3 Å². The third-order valence-electron chi connectivity index (χ3n) is 2.61.